The maximum Gasteiger partial charge on any atom is 0.337 e. The molecule has 0 spiro atoms. The van der Waals surface area contributed by atoms with Crippen LogP contribution in [0.4, 0.5) is 0 Å². The van der Waals surface area contributed by atoms with Gasteiger partial charge in [0.15, 0.2) is 24.4 Å². The number of H-pyrrole nitrogens is 1. The number of nitrogens with one attached hydrogen (secondary N) is 1. The van der Waals surface area contributed by atoms with Gasteiger partial charge in [0.1, 0.15) is 12.7 Å². The van der Waals surface area contributed by atoms with Crippen LogP contribution in [0.2, 0.25) is 0 Å². The van der Waals surface area contributed by atoms with Gasteiger partial charge in [-0.15, -0.1) is 6.58 Å². The topological polar surface area (TPSA) is 214 Å². The molecule has 1 N–H and O–H groups in total. The van der Waals surface area contributed by atoms with Gasteiger partial charge in [-0.2, -0.15) is 0 Å². The standard InChI is InChI=1S/C37H42N2O15/c1-8-21-23(13-27-30-24(14-28(38-27)35(45)47-7)22-11-9-10-12-26(22)39-30)25(34(44)46-6)15-49-36(21)54-37-33(52-20(5)43)32(51-19(4)42)31(50-18(3)41)29(53-37)16-48-17(2)40/h8-12,15,21,23,28-29,31-33,36-37,39H,1,13-14,16H2,2-7H3/t21-,23+,28+,29-,31-,32+,33-,36+,37+/m1/s1. The van der Waals surface area contributed by atoms with Crippen LogP contribution < -0.4 is 0 Å². The van der Waals surface area contributed by atoms with Crippen LogP contribution in [-0.4, -0.2) is 110 Å². The van der Waals surface area contributed by atoms with E-state index in [1.807, 2.05) is 24.3 Å². The molecule has 0 aliphatic carbocycles. The number of carbonyl (C=O) groups excluding carboxylic acids is 6. The number of ether oxygens (including phenoxy) is 9. The van der Waals surface area contributed by atoms with Crippen molar-refractivity contribution in [2.45, 2.75) is 83.6 Å². The van der Waals surface area contributed by atoms with E-state index in [4.69, 9.17) is 47.6 Å². The van der Waals surface area contributed by atoms with Crippen molar-refractivity contribution in [3.8, 4) is 0 Å². The lowest BCUT2D eigenvalue weighted by Gasteiger charge is -2.46. The molecule has 1 aromatic carbocycles. The Morgan fingerprint density at radius 2 is 1.56 bits per heavy atom. The van der Waals surface area contributed by atoms with E-state index in [1.165, 1.54) is 26.6 Å². The maximum absolute atomic E-state index is 13.2. The Balaban J connectivity index is 1.54. The molecule has 0 amide bonds. The SMILES string of the molecule is C=C[C@H]1[C@H](O[C@@H]2O[C@H](COC(C)=O)[C@@H](OC(C)=O)[C@H](OC(C)=O)[C@H]2OC(C)=O)OC=C(C(=O)OC)[C@H]1CC1=N[C@H](C(=O)OC)Cc2c1[nH]c1ccccc21. The van der Waals surface area contributed by atoms with Crippen molar-refractivity contribution in [2.24, 2.45) is 16.8 Å². The molecule has 3 aliphatic heterocycles. The summed E-state index contributed by atoms with van der Waals surface area (Å²) in [6.07, 6.45) is -5.65. The molecule has 1 saturated heterocycles. The summed E-state index contributed by atoms with van der Waals surface area (Å²) >= 11 is 0. The number of methoxy groups -OCH3 is 2. The lowest BCUT2D eigenvalue weighted by molar-refractivity contribution is -0.342. The molecule has 9 atom stereocenters. The summed E-state index contributed by atoms with van der Waals surface area (Å²) in [5.74, 6) is -6.04. The van der Waals surface area contributed by atoms with Gasteiger partial charge in [-0.3, -0.25) is 24.2 Å². The summed E-state index contributed by atoms with van der Waals surface area (Å²) in [7, 11) is 2.49. The molecular weight excluding hydrogens is 712 g/mol. The fourth-order valence-corrected chi connectivity index (χ4v) is 6.89. The van der Waals surface area contributed by atoms with Gasteiger partial charge < -0.3 is 47.6 Å². The minimum Gasteiger partial charge on any atom is -0.471 e. The monoisotopic (exact) mass is 754 g/mol. The van der Waals surface area contributed by atoms with Crippen molar-refractivity contribution in [1.29, 1.82) is 0 Å². The summed E-state index contributed by atoms with van der Waals surface area (Å²) in [6, 6.07) is 6.72. The minimum absolute atomic E-state index is 0.0483. The van der Waals surface area contributed by atoms with Gasteiger partial charge in [-0.1, -0.05) is 24.3 Å². The Hall–Kier alpha value is -5.55. The van der Waals surface area contributed by atoms with Crippen molar-refractivity contribution < 1.29 is 71.4 Å². The molecule has 0 saturated carbocycles. The third-order valence-electron chi connectivity index (χ3n) is 9.12. The molecule has 1 fully saturated rings. The first-order chi connectivity index (χ1) is 25.8. The molecule has 17 nitrogen and oxygen atoms in total. The predicted octanol–water partition coefficient (Wildman–Crippen LogP) is 2.38. The number of carbonyl (C=O) groups is 6. The zero-order valence-corrected chi connectivity index (χ0v) is 30.6. The summed E-state index contributed by atoms with van der Waals surface area (Å²) in [4.78, 5) is 82.9. The zero-order chi connectivity index (χ0) is 39.3. The first-order valence-corrected chi connectivity index (χ1v) is 17.0. The van der Waals surface area contributed by atoms with E-state index in [0.717, 1.165) is 44.2 Å². The van der Waals surface area contributed by atoms with Crippen LogP contribution in [0, 0.1) is 11.8 Å². The second kappa shape index (κ2) is 17.1. The maximum atomic E-state index is 13.2. The normalized spacial score (nSPS) is 27.5. The number of rotatable bonds is 12. The number of hydrogen-bond acceptors (Lipinski definition) is 16. The van der Waals surface area contributed by atoms with Crippen LogP contribution in [0.15, 0.2) is 53.7 Å². The quantitative estimate of drug-likeness (QED) is 0.187. The van der Waals surface area contributed by atoms with Gasteiger partial charge in [0, 0.05) is 56.9 Å². The summed E-state index contributed by atoms with van der Waals surface area (Å²) in [5, 5.41) is 0.898. The summed E-state index contributed by atoms with van der Waals surface area (Å²) in [5.41, 5.74) is 2.90. The number of nitrogens with zero attached hydrogens (tertiary/aromatic N) is 1. The average Bonchev–Trinajstić information content (AvgIpc) is 3.51. The number of hydrogen-bond donors (Lipinski definition) is 1. The Morgan fingerprint density at radius 1 is 0.889 bits per heavy atom. The second-order valence-electron chi connectivity index (χ2n) is 12.7. The molecule has 54 heavy (non-hydrogen) atoms. The molecule has 0 bridgehead atoms. The highest BCUT2D eigenvalue weighted by atomic mass is 16.8. The molecule has 0 radical (unpaired) electrons. The van der Waals surface area contributed by atoms with Gasteiger partial charge in [-0.25, -0.2) is 9.59 Å². The molecule has 4 heterocycles. The molecule has 2 aromatic rings. The highest BCUT2D eigenvalue weighted by molar-refractivity contribution is 6.08. The number of aliphatic imine (C=N–C) groups is 1. The van der Waals surface area contributed by atoms with E-state index < -0.39 is 97.3 Å². The van der Waals surface area contributed by atoms with Gasteiger partial charge in [0.05, 0.1) is 37.5 Å². The van der Waals surface area contributed by atoms with Gasteiger partial charge in [-0.05, 0) is 18.1 Å². The molecule has 5 rings (SSSR count). The summed E-state index contributed by atoms with van der Waals surface area (Å²) < 4.78 is 50.3. The third kappa shape index (κ3) is 8.63. The van der Waals surface area contributed by atoms with Crippen LogP contribution in [0.25, 0.3) is 10.9 Å². The van der Waals surface area contributed by atoms with Crippen LogP contribution in [0.1, 0.15) is 45.4 Å². The Morgan fingerprint density at radius 3 is 2.19 bits per heavy atom. The molecule has 290 valence electrons. The van der Waals surface area contributed by atoms with E-state index >= 15 is 0 Å². The van der Waals surface area contributed by atoms with E-state index in [1.54, 1.807) is 0 Å². The number of esters is 6. The highest BCUT2D eigenvalue weighted by Crippen LogP contribution is 2.40. The van der Waals surface area contributed by atoms with E-state index in [0.29, 0.717) is 11.4 Å². The average molecular weight is 755 g/mol. The van der Waals surface area contributed by atoms with Crippen LogP contribution >= 0.6 is 0 Å². The highest BCUT2D eigenvalue weighted by Gasteiger charge is 2.54. The third-order valence-corrected chi connectivity index (χ3v) is 9.12. The first-order valence-electron chi connectivity index (χ1n) is 17.0. The number of aromatic amines is 1. The number of aromatic nitrogens is 1. The summed E-state index contributed by atoms with van der Waals surface area (Å²) in [6.45, 7) is 7.97. The van der Waals surface area contributed by atoms with Gasteiger partial charge in [0.25, 0.3) is 0 Å². The molecule has 17 heteroatoms. The first kappa shape index (κ1) is 39.7. The molecule has 0 unspecified atom stereocenters. The minimum atomic E-state index is -1.59. The lowest BCUT2D eigenvalue weighted by atomic mass is 9.79. The van der Waals surface area contributed by atoms with Crippen LogP contribution in [0.5, 0.6) is 0 Å². The molecule has 1 aromatic heterocycles. The Labute approximate surface area is 309 Å². The van der Waals surface area contributed by atoms with Crippen molar-refractivity contribution in [2.75, 3.05) is 20.8 Å². The van der Waals surface area contributed by atoms with Gasteiger partial charge >= 0.3 is 35.8 Å². The smallest absolute Gasteiger partial charge is 0.337 e. The lowest BCUT2D eigenvalue weighted by Crippen LogP contribution is -2.63. The number of para-hydroxylation sites is 1. The van der Waals surface area contributed by atoms with Crippen molar-refractivity contribution in [1.82, 2.24) is 4.98 Å². The Kier molecular flexibility index (Phi) is 12.5. The molecule has 3 aliphatic rings. The second-order valence-corrected chi connectivity index (χ2v) is 12.7. The number of benzene rings is 1. The number of fused-ring (bicyclic) bond motifs is 3. The van der Waals surface area contributed by atoms with Crippen molar-refractivity contribution >= 4 is 52.4 Å². The largest absolute Gasteiger partial charge is 0.471 e. The van der Waals surface area contributed by atoms with Crippen molar-refractivity contribution in [3.05, 3.63) is 60.0 Å². The van der Waals surface area contributed by atoms with E-state index in [9.17, 15) is 28.8 Å². The van der Waals surface area contributed by atoms with Crippen LogP contribution in [-0.2, 0) is 77.8 Å². The fourth-order valence-electron chi connectivity index (χ4n) is 6.89. The molecular formula is C37H42N2O15. The van der Waals surface area contributed by atoms with E-state index in [-0.39, 0.29) is 18.4 Å². The Bertz CT molecular complexity index is 1860. The zero-order valence-electron chi connectivity index (χ0n) is 30.6. The van der Waals surface area contributed by atoms with Crippen LogP contribution in [0.3, 0.4) is 0 Å². The van der Waals surface area contributed by atoms with Gasteiger partial charge in [0.2, 0.25) is 12.6 Å². The van der Waals surface area contributed by atoms with E-state index in [2.05, 4.69) is 11.6 Å². The van der Waals surface area contributed by atoms with Crippen molar-refractivity contribution in [3.63, 3.8) is 0 Å². The predicted molar refractivity (Wildman–Crippen MR) is 184 cm³/mol. The fraction of sp³-hybridized carbons (Fsp3) is 0.486.